The van der Waals surface area contributed by atoms with Crippen LogP contribution in [0, 0.1) is 10.1 Å². The van der Waals surface area contributed by atoms with E-state index < -0.39 is 14.9 Å². The van der Waals surface area contributed by atoms with E-state index in [0.717, 1.165) is 25.7 Å². The largest absolute Gasteiger partial charge is 0.311 e. The molecule has 2 atom stereocenters. The van der Waals surface area contributed by atoms with Crippen molar-refractivity contribution in [3.8, 4) is 0 Å². The minimum atomic E-state index is -3.62. The highest BCUT2D eigenvalue weighted by atomic mass is 35.5. The van der Waals surface area contributed by atoms with Gasteiger partial charge < -0.3 is 5.32 Å². The molecular weight excluding hydrogens is 342 g/mol. The minimum absolute atomic E-state index is 0. The summed E-state index contributed by atoms with van der Waals surface area (Å²) in [7, 11) is -2.01. The predicted octanol–water partition coefficient (Wildman–Crippen LogP) is 1.92. The quantitative estimate of drug-likeness (QED) is 0.653. The van der Waals surface area contributed by atoms with Crippen molar-refractivity contribution < 1.29 is 13.3 Å². The zero-order valence-electron chi connectivity index (χ0n) is 12.7. The number of benzene rings is 1. The molecule has 2 bridgehead atoms. The Morgan fingerprint density at radius 3 is 2.17 bits per heavy atom. The molecule has 7 nitrogen and oxygen atoms in total. The number of sulfonamides is 1. The number of hydrogen-bond donors (Lipinski definition) is 1. The van der Waals surface area contributed by atoms with Crippen LogP contribution < -0.4 is 5.32 Å². The van der Waals surface area contributed by atoms with Crippen LogP contribution in [-0.2, 0) is 10.0 Å². The minimum Gasteiger partial charge on any atom is -0.311 e. The van der Waals surface area contributed by atoms with E-state index in [-0.39, 0.29) is 29.0 Å². The Hall–Kier alpha value is -1.22. The second-order valence-corrected chi connectivity index (χ2v) is 8.03. The van der Waals surface area contributed by atoms with Gasteiger partial charge in [-0.15, -0.1) is 12.4 Å². The third-order valence-corrected chi connectivity index (χ3v) is 6.61. The van der Waals surface area contributed by atoms with Gasteiger partial charge in [0.15, 0.2) is 0 Å². The van der Waals surface area contributed by atoms with E-state index in [2.05, 4.69) is 5.32 Å². The van der Waals surface area contributed by atoms with Crippen LogP contribution in [0.4, 0.5) is 5.69 Å². The smallest absolute Gasteiger partial charge is 0.269 e. The van der Waals surface area contributed by atoms with Crippen molar-refractivity contribution in [3.63, 3.8) is 0 Å². The first-order valence-corrected chi connectivity index (χ1v) is 8.80. The molecule has 23 heavy (non-hydrogen) atoms. The maximum absolute atomic E-state index is 12.7. The lowest BCUT2D eigenvalue weighted by Crippen LogP contribution is -2.48. The molecule has 2 saturated heterocycles. The summed E-state index contributed by atoms with van der Waals surface area (Å²) in [4.78, 5) is 10.2. The molecule has 0 saturated carbocycles. The normalized spacial score (nSPS) is 26.8. The Morgan fingerprint density at radius 2 is 1.70 bits per heavy atom. The molecule has 2 aliphatic heterocycles. The standard InChI is InChI=1S/C14H19N3O4S.ClH/c1-16(13-8-10-2-3-11(9-13)15-10)22(20,21)14-6-4-12(5-7-14)17(18)19;/h4-7,10-11,13,15H,2-3,8-9H2,1H3;1H. The van der Waals surface area contributed by atoms with Gasteiger partial charge in [0, 0.05) is 37.3 Å². The topological polar surface area (TPSA) is 92.6 Å². The molecule has 2 fully saturated rings. The molecule has 0 amide bonds. The Kier molecular flexibility index (Phi) is 5.30. The van der Waals surface area contributed by atoms with Gasteiger partial charge >= 0.3 is 0 Å². The first-order valence-electron chi connectivity index (χ1n) is 7.36. The van der Waals surface area contributed by atoms with E-state index in [1.165, 1.54) is 28.6 Å². The van der Waals surface area contributed by atoms with Crippen molar-refractivity contribution in [2.75, 3.05) is 7.05 Å². The Balaban J connectivity index is 0.00000192. The first-order chi connectivity index (χ1) is 10.4. The number of halogens is 1. The number of nitrogens with one attached hydrogen (secondary N) is 1. The van der Waals surface area contributed by atoms with Crippen molar-refractivity contribution in [3.05, 3.63) is 34.4 Å². The van der Waals surface area contributed by atoms with Gasteiger partial charge in [-0.05, 0) is 37.8 Å². The van der Waals surface area contributed by atoms with E-state index >= 15 is 0 Å². The van der Waals surface area contributed by atoms with Crippen molar-refractivity contribution in [1.82, 2.24) is 9.62 Å². The molecular formula is C14H20ClN3O4S. The third-order valence-electron chi connectivity index (χ3n) is 4.69. The van der Waals surface area contributed by atoms with E-state index in [1.807, 2.05) is 0 Å². The lowest BCUT2D eigenvalue weighted by atomic mass is 10.0. The number of rotatable bonds is 4. The van der Waals surface area contributed by atoms with Gasteiger partial charge in [0.05, 0.1) is 9.82 Å². The zero-order chi connectivity index (χ0) is 15.9. The summed E-state index contributed by atoms with van der Waals surface area (Å²) >= 11 is 0. The molecule has 2 heterocycles. The number of piperidine rings is 1. The van der Waals surface area contributed by atoms with Gasteiger partial charge in [0.25, 0.3) is 5.69 Å². The molecule has 3 rings (SSSR count). The maximum atomic E-state index is 12.7. The summed E-state index contributed by atoms with van der Waals surface area (Å²) in [5, 5.41) is 14.2. The van der Waals surface area contributed by atoms with Gasteiger partial charge in [0.2, 0.25) is 10.0 Å². The van der Waals surface area contributed by atoms with Crippen molar-refractivity contribution >= 4 is 28.1 Å². The highest BCUT2D eigenvalue weighted by Gasteiger charge is 2.38. The lowest BCUT2D eigenvalue weighted by molar-refractivity contribution is -0.384. The Bertz CT molecular complexity index is 668. The molecule has 128 valence electrons. The number of nitro groups is 1. The van der Waals surface area contributed by atoms with Gasteiger partial charge in [-0.3, -0.25) is 10.1 Å². The molecule has 1 N–H and O–H groups in total. The lowest BCUT2D eigenvalue weighted by Gasteiger charge is -2.34. The van der Waals surface area contributed by atoms with Crippen LogP contribution in [0.25, 0.3) is 0 Å². The molecule has 0 aromatic heterocycles. The van der Waals surface area contributed by atoms with E-state index in [1.54, 1.807) is 7.05 Å². The fourth-order valence-corrected chi connectivity index (χ4v) is 4.80. The number of nitro benzene ring substituents is 1. The van der Waals surface area contributed by atoms with Crippen LogP contribution in [0.15, 0.2) is 29.2 Å². The first kappa shape index (κ1) is 18.1. The Morgan fingerprint density at radius 1 is 1.17 bits per heavy atom. The fraction of sp³-hybridized carbons (Fsp3) is 0.571. The van der Waals surface area contributed by atoms with E-state index in [9.17, 15) is 18.5 Å². The zero-order valence-corrected chi connectivity index (χ0v) is 14.3. The Labute approximate surface area is 141 Å². The number of hydrogen-bond acceptors (Lipinski definition) is 5. The number of non-ortho nitro benzene ring substituents is 1. The van der Waals surface area contributed by atoms with Gasteiger partial charge in [-0.1, -0.05) is 0 Å². The molecule has 2 aliphatic rings. The molecule has 2 unspecified atom stereocenters. The number of nitrogens with zero attached hydrogens (tertiary/aromatic N) is 2. The third kappa shape index (κ3) is 3.50. The average Bonchev–Trinajstić information content (AvgIpc) is 2.84. The van der Waals surface area contributed by atoms with E-state index in [4.69, 9.17) is 0 Å². The molecule has 0 radical (unpaired) electrons. The molecule has 0 spiro atoms. The summed E-state index contributed by atoms with van der Waals surface area (Å²) in [6, 6.07) is 5.86. The van der Waals surface area contributed by atoms with Gasteiger partial charge in [0.1, 0.15) is 0 Å². The molecule has 9 heteroatoms. The summed E-state index contributed by atoms with van der Waals surface area (Å²) in [5.41, 5.74) is -0.110. The van der Waals surface area contributed by atoms with Crippen LogP contribution in [-0.4, -0.2) is 42.8 Å². The van der Waals surface area contributed by atoms with Crippen LogP contribution in [0.3, 0.4) is 0 Å². The monoisotopic (exact) mass is 361 g/mol. The highest BCUT2D eigenvalue weighted by Crippen LogP contribution is 2.31. The predicted molar refractivity (Wildman–Crippen MR) is 88.3 cm³/mol. The second kappa shape index (κ2) is 6.72. The maximum Gasteiger partial charge on any atom is 0.269 e. The van der Waals surface area contributed by atoms with Crippen LogP contribution in [0.2, 0.25) is 0 Å². The van der Waals surface area contributed by atoms with Gasteiger partial charge in [-0.25, -0.2) is 8.42 Å². The van der Waals surface area contributed by atoms with E-state index in [0.29, 0.717) is 12.1 Å². The highest BCUT2D eigenvalue weighted by molar-refractivity contribution is 7.89. The molecule has 1 aromatic carbocycles. The molecule has 0 aliphatic carbocycles. The fourth-order valence-electron chi connectivity index (χ4n) is 3.43. The average molecular weight is 362 g/mol. The van der Waals surface area contributed by atoms with Crippen molar-refractivity contribution in [2.24, 2.45) is 0 Å². The van der Waals surface area contributed by atoms with Crippen LogP contribution in [0.5, 0.6) is 0 Å². The summed E-state index contributed by atoms with van der Waals surface area (Å²) in [5.74, 6) is 0. The summed E-state index contributed by atoms with van der Waals surface area (Å²) in [6.07, 6.45) is 3.84. The molecule has 1 aromatic rings. The van der Waals surface area contributed by atoms with Crippen molar-refractivity contribution in [2.45, 2.75) is 48.7 Å². The summed E-state index contributed by atoms with van der Waals surface area (Å²) < 4.78 is 26.8. The summed E-state index contributed by atoms with van der Waals surface area (Å²) in [6.45, 7) is 0. The number of fused-ring (bicyclic) bond motifs is 2. The van der Waals surface area contributed by atoms with Crippen molar-refractivity contribution in [1.29, 1.82) is 0 Å². The second-order valence-electron chi connectivity index (χ2n) is 6.04. The SMILES string of the molecule is CN(C1CC2CCC(C1)N2)S(=O)(=O)c1ccc([N+](=O)[O-])cc1.Cl. The van der Waals surface area contributed by atoms with Crippen LogP contribution in [0.1, 0.15) is 25.7 Å². The van der Waals surface area contributed by atoms with Gasteiger partial charge in [-0.2, -0.15) is 4.31 Å². The van der Waals surface area contributed by atoms with Crippen LogP contribution >= 0.6 is 12.4 Å².